The minimum Gasteiger partial charge on any atom is -0.312 e. The lowest BCUT2D eigenvalue weighted by molar-refractivity contribution is 0.475. The molecule has 0 saturated heterocycles. The maximum Gasteiger partial charge on any atom is 0.0692 e. The normalized spacial score (nSPS) is 18.2. The summed E-state index contributed by atoms with van der Waals surface area (Å²) in [4.78, 5) is 0. The number of aromatic nitrogens is 3. The number of hydrogen-bond donors (Lipinski definition) is 1. The third-order valence-corrected chi connectivity index (χ3v) is 2.60. The standard InChI is InChI=1S/C9H16N4/c1-2-4-9(3-1)10-5-7-13-8-6-11-12-13/h6,8-10H,1-5,7H2. The quantitative estimate of drug-likeness (QED) is 0.745. The Morgan fingerprint density at radius 1 is 1.38 bits per heavy atom. The molecular formula is C9H16N4. The maximum atomic E-state index is 3.91. The highest BCUT2D eigenvalue weighted by molar-refractivity contribution is 4.73. The summed E-state index contributed by atoms with van der Waals surface area (Å²) in [5, 5.41) is 11.2. The van der Waals surface area contributed by atoms with Crippen molar-refractivity contribution in [3.63, 3.8) is 0 Å². The van der Waals surface area contributed by atoms with Crippen molar-refractivity contribution in [1.29, 1.82) is 0 Å². The second-order valence-corrected chi connectivity index (χ2v) is 3.60. The fourth-order valence-corrected chi connectivity index (χ4v) is 1.87. The molecule has 13 heavy (non-hydrogen) atoms. The Morgan fingerprint density at radius 2 is 2.23 bits per heavy atom. The van der Waals surface area contributed by atoms with Crippen LogP contribution in [0.5, 0.6) is 0 Å². The van der Waals surface area contributed by atoms with Gasteiger partial charge in [0.25, 0.3) is 0 Å². The number of rotatable bonds is 4. The maximum absolute atomic E-state index is 3.91. The van der Waals surface area contributed by atoms with Gasteiger partial charge in [0.05, 0.1) is 12.7 Å². The van der Waals surface area contributed by atoms with Gasteiger partial charge in [-0.2, -0.15) is 0 Å². The van der Waals surface area contributed by atoms with Gasteiger partial charge >= 0.3 is 0 Å². The largest absolute Gasteiger partial charge is 0.312 e. The molecule has 0 atom stereocenters. The Morgan fingerprint density at radius 3 is 2.92 bits per heavy atom. The molecule has 1 aromatic rings. The van der Waals surface area contributed by atoms with Gasteiger partial charge in [-0.3, -0.25) is 4.68 Å². The minimum absolute atomic E-state index is 0.753. The van der Waals surface area contributed by atoms with Crippen LogP contribution in [0.2, 0.25) is 0 Å². The topological polar surface area (TPSA) is 42.7 Å². The van der Waals surface area contributed by atoms with Crippen LogP contribution < -0.4 is 5.32 Å². The van der Waals surface area contributed by atoms with E-state index in [0.29, 0.717) is 0 Å². The predicted molar refractivity (Wildman–Crippen MR) is 50.3 cm³/mol. The van der Waals surface area contributed by atoms with Crippen LogP contribution in [0, 0.1) is 0 Å². The van der Waals surface area contributed by atoms with E-state index in [1.807, 2.05) is 10.9 Å². The molecule has 2 rings (SSSR count). The van der Waals surface area contributed by atoms with Gasteiger partial charge < -0.3 is 5.32 Å². The predicted octanol–water partition coefficient (Wildman–Crippen LogP) is 0.810. The van der Waals surface area contributed by atoms with E-state index < -0.39 is 0 Å². The first-order valence-corrected chi connectivity index (χ1v) is 5.02. The Hall–Kier alpha value is -0.900. The molecule has 1 saturated carbocycles. The SMILES string of the molecule is c1cn(CCNC2CCCC2)nn1. The van der Waals surface area contributed by atoms with Crippen LogP contribution in [0.1, 0.15) is 25.7 Å². The molecular weight excluding hydrogens is 164 g/mol. The Bertz CT molecular complexity index is 226. The van der Waals surface area contributed by atoms with Gasteiger partial charge in [0.15, 0.2) is 0 Å². The lowest BCUT2D eigenvalue weighted by Crippen LogP contribution is -2.29. The van der Waals surface area contributed by atoms with Gasteiger partial charge in [-0.25, -0.2) is 0 Å². The highest BCUT2D eigenvalue weighted by Gasteiger charge is 2.13. The molecule has 0 amide bonds. The first-order chi connectivity index (χ1) is 6.45. The van der Waals surface area contributed by atoms with Crippen molar-refractivity contribution in [2.75, 3.05) is 6.54 Å². The highest BCUT2D eigenvalue weighted by Crippen LogP contribution is 2.17. The van der Waals surface area contributed by atoms with Crippen molar-refractivity contribution in [3.8, 4) is 0 Å². The Kier molecular flexibility index (Phi) is 2.92. The molecule has 4 heteroatoms. The van der Waals surface area contributed by atoms with Crippen molar-refractivity contribution in [2.45, 2.75) is 38.3 Å². The first kappa shape index (κ1) is 8.69. The molecule has 0 radical (unpaired) electrons. The minimum atomic E-state index is 0.753. The summed E-state index contributed by atoms with van der Waals surface area (Å²) in [6.07, 6.45) is 9.09. The molecule has 1 aliphatic rings. The van der Waals surface area contributed by atoms with Crippen LogP contribution in [0.3, 0.4) is 0 Å². The molecule has 4 nitrogen and oxygen atoms in total. The zero-order valence-electron chi connectivity index (χ0n) is 7.82. The van der Waals surface area contributed by atoms with Gasteiger partial charge in [0, 0.05) is 18.8 Å². The number of hydrogen-bond acceptors (Lipinski definition) is 3. The molecule has 0 aromatic carbocycles. The second kappa shape index (κ2) is 4.37. The molecule has 1 aliphatic carbocycles. The van der Waals surface area contributed by atoms with Gasteiger partial charge in [0.1, 0.15) is 0 Å². The van der Waals surface area contributed by atoms with E-state index in [1.54, 1.807) is 6.20 Å². The Balaban J connectivity index is 1.63. The Labute approximate surface area is 78.3 Å². The summed E-state index contributed by atoms with van der Waals surface area (Å²) in [5.74, 6) is 0. The van der Waals surface area contributed by atoms with Crippen LogP contribution in [-0.4, -0.2) is 27.6 Å². The van der Waals surface area contributed by atoms with Gasteiger partial charge in [-0.05, 0) is 12.8 Å². The highest BCUT2D eigenvalue weighted by atomic mass is 15.4. The molecule has 0 unspecified atom stereocenters. The average Bonchev–Trinajstić information content (AvgIpc) is 2.75. The fraction of sp³-hybridized carbons (Fsp3) is 0.778. The van der Waals surface area contributed by atoms with Crippen molar-refractivity contribution in [1.82, 2.24) is 20.3 Å². The van der Waals surface area contributed by atoms with Crippen LogP contribution in [0.25, 0.3) is 0 Å². The summed E-state index contributed by atoms with van der Waals surface area (Å²) in [7, 11) is 0. The summed E-state index contributed by atoms with van der Waals surface area (Å²) in [5.41, 5.74) is 0. The zero-order valence-corrected chi connectivity index (χ0v) is 7.82. The van der Waals surface area contributed by atoms with Crippen LogP contribution in [0.4, 0.5) is 0 Å². The van der Waals surface area contributed by atoms with E-state index in [0.717, 1.165) is 19.1 Å². The van der Waals surface area contributed by atoms with Crippen molar-refractivity contribution in [2.24, 2.45) is 0 Å². The molecule has 0 spiro atoms. The van der Waals surface area contributed by atoms with Crippen molar-refractivity contribution in [3.05, 3.63) is 12.4 Å². The van der Waals surface area contributed by atoms with E-state index in [-0.39, 0.29) is 0 Å². The van der Waals surface area contributed by atoms with Gasteiger partial charge in [0.2, 0.25) is 0 Å². The molecule has 0 aliphatic heterocycles. The third-order valence-electron chi connectivity index (χ3n) is 2.60. The number of nitrogens with zero attached hydrogens (tertiary/aromatic N) is 3. The first-order valence-electron chi connectivity index (χ1n) is 5.02. The summed E-state index contributed by atoms with van der Waals surface area (Å²) < 4.78 is 1.86. The lowest BCUT2D eigenvalue weighted by Gasteiger charge is -2.10. The summed E-state index contributed by atoms with van der Waals surface area (Å²) in [6.45, 7) is 1.94. The summed E-state index contributed by atoms with van der Waals surface area (Å²) >= 11 is 0. The van der Waals surface area contributed by atoms with E-state index >= 15 is 0 Å². The van der Waals surface area contributed by atoms with Gasteiger partial charge in [-0.1, -0.05) is 18.1 Å². The third kappa shape index (κ3) is 2.52. The van der Waals surface area contributed by atoms with E-state index in [9.17, 15) is 0 Å². The van der Waals surface area contributed by atoms with Crippen molar-refractivity contribution >= 4 is 0 Å². The molecule has 1 N–H and O–H groups in total. The second-order valence-electron chi connectivity index (χ2n) is 3.60. The monoisotopic (exact) mass is 180 g/mol. The van der Waals surface area contributed by atoms with E-state index in [1.165, 1.54) is 25.7 Å². The smallest absolute Gasteiger partial charge is 0.0692 e. The summed E-state index contributed by atoms with van der Waals surface area (Å²) in [6, 6.07) is 0.753. The van der Waals surface area contributed by atoms with E-state index in [2.05, 4.69) is 15.6 Å². The van der Waals surface area contributed by atoms with Gasteiger partial charge in [-0.15, -0.1) is 5.10 Å². The van der Waals surface area contributed by atoms with E-state index in [4.69, 9.17) is 0 Å². The average molecular weight is 180 g/mol. The van der Waals surface area contributed by atoms with Crippen molar-refractivity contribution < 1.29 is 0 Å². The number of nitrogens with one attached hydrogen (secondary N) is 1. The molecule has 1 heterocycles. The zero-order chi connectivity index (χ0) is 8.93. The molecule has 1 fully saturated rings. The molecule has 1 aromatic heterocycles. The van der Waals surface area contributed by atoms with Crippen LogP contribution >= 0.6 is 0 Å². The van der Waals surface area contributed by atoms with Crippen LogP contribution in [-0.2, 0) is 6.54 Å². The fourth-order valence-electron chi connectivity index (χ4n) is 1.87. The molecule has 0 bridgehead atoms. The lowest BCUT2D eigenvalue weighted by atomic mass is 10.2. The van der Waals surface area contributed by atoms with Crippen LogP contribution in [0.15, 0.2) is 12.4 Å². The molecule has 72 valence electrons.